The van der Waals surface area contributed by atoms with Gasteiger partial charge in [0.1, 0.15) is 28.8 Å². The third-order valence-electron chi connectivity index (χ3n) is 16.7. The van der Waals surface area contributed by atoms with Crippen molar-refractivity contribution in [2.24, 2.45) is 10.7 Å². The van der Waals surface area contributed by atoms with E-state index < -0.39 is 10.8 Å². The summed E-state index contributed by atoms with van der Waals surface area (Å²) in [6, 6.07) is 79.1. The number of halogens is 6. The van der Waals surface area contributed by atoms with Crippen molar-refractivity contribution in [3.8, 4) is 39.8 Å². The summed E-state index contributed by atoms with van der Waals surface area (Å²) in [5.74, 6) is 0.361. The van der Waals surface area contributed by atoms with Crippen LogP contribution in [0.2, 0.25) is 0 Å². The normalized spacial score (nSPS) is 10.2. The number of benzene rings is 10. The molecule has 0 amide bonds. The first kappa shape index (κ1) is 106. The third kappa shape index (κ3) is 28.8. The van der Waals surface area contributed by atoms with Crippen molar-refractivity contribution in [1.29, 1.82) is 5.26 Å². The zero-order valence-corrected chi connectivity index (χ0v) is 84.1. The molecule has 0 radical (unpaired) electrons. The number of fused-ring (bicyclic) bond motifs is 10. The Morgan fingerprint density at radius 1 is 0.610 bits per heavy atom. The van der Waals surface area contributed by atoms with Gasteiger partial charge in [-0.1, -0.05) is 243 Å². The number of aromatic amines is 1. The minimum atomic E-state index is -1.20. The first-order valence-electron chi connectivity index (χ1n) is 35.1. The van der Waals surface area contributed by atoms with Crippen LogP contribution in [-0.2, 0) is 27.0 Å². The van der Waals surface area contributed by atoms with Gasteiger partial charge in [-0.15, -0.1) is 0 Å². The molecule has 36 heteroatoms. The number of thioether (sulfide) groups is 1. The second kappa shape index (κ2) is 53.5. The van der Waals surface area contributed by atoms with E-state index in [0.29, 0.717) is 42.9 Å². The number of ketones is 2. The summed E-state index contributed by atoms with van der Waals surface area (Å²) in [5.41, 5.74) is 25.9. The fourth-order valence-corrected chi connectivity index (χ4v) is 14.5. The van der Waals surface area contributed by atoms with Crippen LogP contribution in [0.25, 0.3) is 94.3 Å². The van der Waals surface area contributed by atoms with Crippen LogP contribution >= 0.6 is 151 Å². The van der Waals surface area contributed by atoms with Gasteiger partial charge in [0, 0.05) is 97.6 Å². The van der Waals surface area contributed by atoms with E-state index in [1.165, 1.54) is 0 Å². The monoisotopic (exact) mass is 2180 g/mol. The molecule has 123 heavy (non-hydrogen) atoms. The van der Waals surface area contributed by atoms with E-state index in [0.717, 1.165) is 122 Å². The molecule has 0 aliphatic carbocycles. The van der Waals surface area contributed by atoms with Crippen molar-refractivity contribution in [2.45, 2.75) is 31.2 Å². The van der Waals surface area contributed by atoms with Crippen LogP contribution in [0.3, 0.4) is 0 Å². The molecule has 9 N–H and O–H groups in total. The van der Waals surface area contributed by atoms with E-state index in [1.807, 2.05) is 202 Å². The molecule has 17 rings (SSSR count). The summed E-state index contributed by atoms with van der Waals surface area (Å²) in [6.07, 6.45) is 9.63. The van der Waals surface area contributed by atoms with E-state index in [9.17, 15) is 13.8 Å². The number of hydrogen-bond donors (Lipinski definition) is 5. The zero-order chi connectivity index (χ0) is 85.7. The number of aliphatic hydroxyl groups is 1. The van der Waals surface area contributed by atoms with Crippen LogP contribution < -0.4 is 82.0 Å². The van der Waals surface area contributed by atoms with Crippen molar-refractivity contribution < 1.29 is 94.4 Å². The Morgan fingerprint density at radius 3 is 1.54 bits per heavy atom. The molecule has 0 spiro atoms. The quantitative estimate of drug-likeness (QED) is 0.00648. The number of aliphatic imine (C=N–C) groups is 1. The molecule has 7 heterocycles. The Labute approximate surface area is 832 Å². The summed E-state index contributed by atoms with van der Waals surface area (Å²) >= 11 is 35.8. The molecule has 0 fully saturated rings. The summed E-state index contributed by atoms with van der Waals surface area (Å²) in [5, 5.41) is 32.1. The number of aromatic nitrogens is 11. The number of anilines is 1. The summed E-state index contributed by atoms with van der Waals surface area (Å²) < 4.78 is 25.3. The molecule has 0 aliphatic heterocycles. The van der Waals surface area contributed by atoms with Crippen LogP contribution in [0.4, 0.5) is 11.5 Å². The molecule has 17 aromatic rings. The SMILES string of the molecule is C.CCO.CI.CS(=O)c1nc2ccccc2c2nc(-c3ccc(Br)cc3)cn12.CSc1nc2ccccc2c2nc(-c3ccc(Br)cc3)cn12.N.N#Cc1ccccc1N=C=S.NCC(=O)c1cccc(Br)c1.Nc1c2ccccc2nc(=S)n1CC(=O)c1ccc(Br)cc1.O=CO[O-].S=c1nc2ccccc2c2[nH]c(-c3ccc(Br)cc3)cn12.[H-].[Na+].[Na+]. The number of carbonyl (C=O) groups is 3. The number of nitrogens with two attached hydrogens (primary N) is 2. The first-order valence-corrected chi connectivity index (χ1v) is 45.3. The smallest absolute Gasteiger partial charge is 1.00 e. The third-order valence-corrected chi connectivity index (χ3v) is 21.5. The van der Waals surface area contributed by atoms with Crippen LogP contribution in [0.5, 0.6) is 0 Å². The second-order valence-corrected chi connectivity index (χ2v) is 31.8. The predicted molar refractivity (Wildman–Crippen MR) is 522 cm³/mol. The van der Waals surface area contributed by atoms with Gasteiger partial charge in [-0.2, -0.15) is 10.3 Å². The first-order chi connectivity index (χ1) is 57.6. The summed E-state index contributed by atoms with van der Waals surface area (Å²) in [6.45, 7) is 1.89. The molecular formula is C87H76Br5IN16Na2O7S5. The Kier molecular flexibility index (Phi) is 45.9. The number of hydrogen-bond acceptors (Lipinski definition) is 22. The van der Waals surface area contributed by atoms with Gasteiger partial charge in [0.25, 0.3) is 6.47 Å². The van der Waals surface area contributed by atoms with Crippen LogP contribution in [0.15, 0.2) is 299 Å². The Hall–Kier alpha value is -8.01. The number of Topliss-reactive ketones (excluding diaryl/α,β-unsaturated/α-hetero) is 2. The van der Waals surface area contributed by atoms with E-state index >= 15 is 0 Å². The maximum Gasteiger partial charge on any atom is 1.00 e. The fourth-order valence-electron chi connectivity index (χ4n) is 11.3. The maximum absolute atomic E-state index is 12.4. The topological polar surface area (TPSA) is 355 Å². The number of rotatable bonds is 12. The minimum Gasteiger partial charge on any atom is -1.00 e. The molecule has 7 aromatic heterocycles. The van der Waals surface area contributed by atoms with Gasteiger partial charge in [0.05, 0.1) is 79.4 Å². The van der Waals surface area contributed by atoms with Gasteiger partial charge in [-0.25, -0.2) is 29.9 Å². The average molecular weight is 2190 g/mol. The second-order valence-electron chi connectivity index (χ2n) is 24.2. The summed E-state index contributed by atoms with van der Waals surface area (Å²) in [4.78, 5) is 71.5. The molecule has 0 saturated heterocycles. The van der Waals surface area contributed by atoms with Crippen molar-refractivity contribution in [3.05, 3.63) is 310 Å². The number of thiocarbonyl (C=S) groups is 1. The van der Waals surface area contributed by atoms with E-state index in [-0.39, 0.29) is 112 Å². The standard InChI is InChI=1S/C17H12BrN3OS.C17H12BrN3S.C16H12BrN3OS.C16H10BrN3S.C8H8BrNO.C8H4N2S.C2H6O.CH3I.CH2O3.CH4.H3N.2Na.H/c1-23(22)17-20-14-5-3-2-4-13(14)16-19-15(10-21(16)17)11-6-8-12(18)9-7-11;1-22-17-20-14-5-3-2-4-13(14)16-19-15(10-21(16)17)11-6-8-12(18)9-7-11;17-11-7-5-10(6-8-11)14(21)9-20-15(18)12-3-1-2-4-13(12)19-16(20)22;17-11-7-5-10(6-8-11)14-9-20-15(18-14)12-3-1-2-4-13(12)19-16(20)21;9-7-3-1-2-6(4-7)8(11)5-10;9-5-7-3-1-2-4-8(7)10-6-11;1-2-3;1-2;2-1-4-3;;;;;/h2-10H,1H3;2-10H,1H3;1-8H,9,18H2;1-9,18H;1-4H,5,10H2;1-4H;3H,2H2,1H3;1H3;1,3H;1H4;1H3;;;/q;;;;;;;;;;;2*+1;-1/p-1. The number of nitrogens with zero attached hydrogens (tertiary/aromatic N) is 12. The van der Waals surface area contributed by atoms with Crippen LogP contribution in [-0.4, -0.2) is 116 Å². The predicted octanol–water partition coefficient (Wildman–Crippen LogP) is 16.3. The average Bonchev–Trinajstić information content (AvgIpc) is 1.64. The minimum absolute atomic E-state index is 0. The van der Waals surface area contributed by atoms with Crippen molar-refractivity contribution in [1.82, 2.24) is 58.8 Å². The number of alkyl halides is 1. The van der Waals surface area contributed by atoms with Gasteiger partial charge < -0.3 is 39.3 Å². The number of nitriles is 1. The van der Waals surface area contributed by atoms with Gasteiger partial charge in [0.2, 0.25) is 14.7 Å². The summed E-state index contributed by atoms with van der Waals surface area (Å²) in [7, 11) is -1.20. The molecule has 23 nitrogen and oxygen atoms in total. The number of H-pyrrole nitrogens is 1. The van der Waals surface area contributed by atoms with Crippen molar-refractivity contribution in [3.63, 3.8) is 0 Å². The number of para-hydroxylation sites is 5. The number of nitrogen functional groups attached to an aromatic ring is 1. The number of isothiocyanates is 1. The molecule has 0 aliphatic rings. The van der Waals surface area contributed by atoms with Gasteiger partial charge in [-0.3, -0.25) is 36.4 Å². The molecular weight excluding hydrogens is 2110 g/mol. The number of nitrogens with one attached hydrogen (secondary N) is 1. The van der Waals surface area contributed by atoms with Crippen LogP contribution in [0.1, 0.15) is 42.1 Å². The molecule has 620 valence electrons. The number of imidazole rings is 3. The molecule has 1 unspecified atom stereocenters. The molecule has 0 saturated carbocycles. The maximum atomic E-state index is 12.4. The fraction of sp³-hybridized carbons (Fsp3) is 0.0920. The zero-order valence-electron chi connectivity index (χ0n) is 67.0. The van der Waals surface area contributed by atoms with Gasteiger partial charge >= 0.3 is 59.1 Å². The molecule has 1 atom stereocenters. The van der Waals surface area contributed by atoms with Crippen LogP contribution in [0, 0.1) is 20.9 Å². The Balaban J connectivity index is 0.000000309. The number of aliphatic hydroxyl groups excluding tert-OH is 1. The van der Waals surface area contributed by atoms with Gasteiger partial charge in [0.15, 0.2) is 16.7 Å². The van der Waals surface area contributed by atoms with Crippen molar-refractivity contribution in [2.75, 3.05) is 36.3 Å². The molecule has 10 aromatic carbocycles. The molecule has 0 bridgehead atoms. The van der Waals surface area contributed by atoms with Gasteiger partial charge in [-0.05, 0) is 182 Å². The van der Waals surface area contributed by atoms with Crippen molar-refractivity contribution >= 4 is 257 Å². The largest absolute Gasteiger partial charge is 1.00 e. The van der Waals surface area contributed by atoms with E-state index in [4.69, 9.17) is 71.3 Å². The number of carbonyl (C=O) groups excluding carboxylic acids is 3. The Morgan fingerprint density at radius 2 is 1.05 bits per heavy atom. The Bertz CT molecular complexity index is 6700. The van der Waals surface area contributed by atoms with E-state index in [2.05, 4.69) is 190 Å². The van der Waals surface area contributed by atoms with E-state index in [1.54, 1.807) is 78.0 Å².